The van der Waals surface area contributed by atoms with Crippen LogP contribution in [0.25, 0.3) is 0 Å². The van der Waals surface area contributed by atoms with Gasteiger partial charge in [-0.05, 0) is 70.7 Å². The molecular weight excluding hydrogens is 294 g/mol. The summed E-state index contributed by atoms with van der Waals surface area (Å²) in [4.78, 5) is 5.43. The van der Waals surface area contributed by atoms with E-state index in [1.165, 1.54) is 84.2 Å². The van der Waals surface area contributed by atoms with Crippen LogP contribution >= 0.6 is 0 Å². The Morgan fingerprint density at radius 2 is 1.46 bits per heavy atom. The van der Waals surface area contributed by atoms with Crippen molar-refractivity contribution < 1.29 is 0 Å². The molecule has 1 N–H and O–H groups in total. The highest BCUT2D eigenvalue weighted by molar-refractivity contribution is 4.81. The van der Waals surface area contributed by atoms with E-state index in [9.17, 15) is 0 Å². The second-order valence-corrected chi connectivity index (χ2v) is 7.89. The number of hydrogen-bond acceptors (Lipinski definition) is 3. The van der Waals surface area contributed by atoms with Crippen molar-refractivity contribution >= 4 is 0 Å². The van der Waals surface area contributed by atoms with Gasteiger partial charge < -0.3 is 15.1 Å². The van der Waals surface area contributed by atoms with Crippen LogP contribution in [0, 0.1) is 5.92 Å². The van der Waals surface area contributed by atoms with E-state index in [-0.39, 0.29) is 0 Å². The largest absolute Gasteiger partial charge is 0.312 e. The second kappa shape index (κ2) is 13.1. The lowest BCUT2D eigenvalue weighted by molar-refractivity contribution is 0.121. The van der Waals surface area contributed by atoms with Crippen LogP contribution in [0.4, 0.5) is 0 Å². The zero-order chi connectivity index (χ0) is 17.8. The molecule has 2 fully saturated rings. The normalized spacial score (nSPS) is 21.8. The van der Waals surface area contributed by atoms with Crippen LogP contribution in [0.15, 0.2) is 0 Å². The predicted octanol–water partition coefficient (Wildman–Crippen LogP) is 4.38. The molecule has 2 rings (SSSR count). The maximum Gasteiger partial charge on any atom is 0.00937 e. The zero-order valence-electron chi connectivity index (χ0n) is 17.3. The first-order chi connectivity index (χ1) is 11.7. The number of piperidine rings is 2. The number of hydrogen-bond donors (Lipinski definition) is 1. The smallest absolute Gasteiger partial charge is 0.00937 e. The first-order valence-electron chi connectivity index (χ1n) is 10.9. The number of likely N-dealkylation sites (tertiary alicyclic amines) is 2. The number of rotatable bonds is 8. The molecule has 3 nitrogen and oxygen atoms in total. The molecule has 0 spiro atoms. The molecule has 0 aromatic carbocycles. The molecule has 0 aliphatic carbocycles. The van der Waals surface area contributed by atoms with Crippen LogP contribution in [0.2, 0.25) is 0 Å². The number of nitrogens with one attached hydrogen (secondary N) is 1. The van der Waals surface area contributed by atoms with Crippen molar-refractivity contribution in [2.45, 2.75) is 91.6 Å². The van der Waals surface area contributed by atoms with E-state index in [0.29, 0.717) is 6.04 Å². The summed E-state index contributed by atoms with van der Waals surface area (Å²) in [7, 11) is 0. The van der Waals surface area contributed by atoms with E-state index in [4.69, 9.17) is 0 Å². The lowest BCUT2D eigenvalue weighted by Crippen LogP contribution is -2.47. The number of nitrogens with zero attached hydrogens (tertiary/aromatic N) is 2. The molecule has 0 amide bonds. The minimum Gasteiger partial charge on any atom is -0.312 e. The average molecular weight is 340 g/mol. The molecule has 2 heterocycles. The minimum atomic E-state index is 0.633. The molecule has 0 bridgehead atoms. The second-order valence-electron chi connectivity index (χ2n) is 7.89. The highest BCUT2D eigenvalue weighted by Gasteiger charge is 2.24. The van der Waals surface area contributed by atoms with Gasteiger partial charge >= 0.3 is 0 Å². The Kier molecular flexibility index (Phi) is 12.0. The first-order valence-corrected chi connectivity index (χ1v) is 10.9. The highest BCUT2D eigenvalue weighted by atomic mass is 15.2. The lowest BCUT2D eigenvalue weighted by atomic mass is 9.94. The van der Waals surface area contributed by atoms with E-state index in [1.807, 2.05) is 13.8 Å². The van der Waals surface area contributed by atoms with E-state index in [0.717, 1.165) is 12.0 Å². The van der Waals surface area contributed by atoms with Crippen LogP contribution in [0.3, 0.4) is 0 Å². The van der Waals surface area contributed by atoms with Crippen LogP contribution in [-0.2, 0) is 0 Å². The summed E-state index contributed by atoms with van der Waals surface area (Å²) in [6.07, 6.45) is 9.68. The zero-order valence-corrected chi connectivity index (χ0v) is 17.3. The van der Waals surface area contributed by atoms with Gasteiger partial charge in [-0.15, -0.1) is 0 Å². The monoisotopic (exact) mass is 339 g/mol. The molecule has 0 aromatic heterocycles. The van der Waals surface area contributed by atoms with E-state index in [1.54, 1.807) is 0 Å². The van der Waals surface area contributed by atoms with Crippen molar-refractivity contribution in [1.29, 1.82) is 0 Å². The van der Waals surface area contributed by atoms with Gasteiger partial charge in [0.15, 0.2) is 0 Å². The molecule has 0 radical (unpaired) electrons. The third-order valence-corrected chi connectivity index (χ3v) is 5.46. The Hall–Kier alpha value is -0.120. The quantitative estimate of drug-likeness (QED) is 0.662. The fourth-order valence-electron chi connectivity index (χ4n) is 4.10. The Balaban J connectivity index is 0.00000139. The Morgan fingerprint density at radius 1 is 0.875 bits per heavy atom. The van der Waals surface area contributed by atoms with Crippen molar-refractivity contribution in [1.82, 2.24) is 15.1 Å². The molecule has 2 aliphatic heterocycles. The maximum absolute atomic E-state index is 3.70. The van der Waals surface area contributed by atoms with Gasteiger partial charge in [0.1, 0.15) is 0 Å². The van der Waals surface area contributed by atoms with Gasteiger partial charge in [0.05, 0.1) is 0 Å². The van der Waals surface area contributed by atoms with Gasteiger partial charge in [-0.2, -0.15) is 0 Å². The fourth-order valence-corrected chi connectivity index (χ4v) is 4.10. The number of unbranched alkanes of at least 4 members (excludes halogenated alkanes) is 2. The summed E-state index contributed by atoms with van der Waals surface area (Å²) >= 11 is 0. The lowest BCUT2D eigenvalue weighted by Gasteiger charge is -2.38. The van der Waals surface area contributed by atoms with Crippen LogP contribution in [0.1, 0.15) is 79.6 Å². The van der Waals surface area contributed by atoms with E-state index < -0.39 is 0 Å². The van der Waals surface area contributed by atoms with Gasteiger partial charge in [-0.3, -0.25) is 0 Å². The van der Waals surface area contributed by atoms with Crippen molar-refractivity contribution in [2.75, 3.05) is 39.3 Å². The van der Waals surface area contributed by atoms with Gasteiger partial charge in [0.2, 0.25) is 0 Å². The van der Waals surface area contributed by atoms with Crippen molar-refractivity contribution in [3.63, 3.8) is 0 Å². The Bertz CT molecular complexity index is 277. The molecule has 0 aromatic rings. The minimum absolute atomic E-state index is 0.633. The van der Waals surface area contributed by atoms with Gasteiger partial charge in [-0.25, -0.2) is 0 Å². The van der Waals surface area contributed by atoms with E-state index in [2.05, 4.69) is 35.9 Å². The first kappa shape index (κ1) is 21.9. The summed E-state index contributed by atoms with van der Waals surface area (Å²) in [6, 6.07) is 1.39. The summed E-state index contributed by atoms with van der Waals surface area (Å²) in [6.45, 7) is 18.8. The predicted molar refractivity (Wildman–Crippen MR) is 108 cm³/mol. The molecule has 0 atom stereocenters. The summed E-state index contributed by atoms with van der Waals surface area (Å²) in [5, 5.41) is 3.70. The molecule has 144 valence electrons. The molecule has 0 unspecified atom stereocenters. The SMILES string of the molecule is CC.CCCCCN1CCC(CN2CCC(NC(C)C)CC2)CC1. The average Bonchev–Trinajstić information content (AvgIpc) is 2.60. The van der Waals surface area contributed by atoms with Crippen molar-refractivity contribution in [3.05, 3.63) is 0 Å². The summed E-state index contributed by atoms with van der Waals surface area (Å²) in [5.74, 6) is 0.956. The summed E-state index contributed by atoms with van der Waals surface area (Å²) in [5.41, 5.74) is 0. The van der Waals surface area contributed by atoms with Gasteiger partial charge in [0.25, 0.3) is 0 Å². The standard InChI is InChI=1S/C19H39N3.C2H6/c1-4-5-6-11-21-12-7-18(8-13-21)16-22-14-9-19(10-15-22)20-17(2)3;1-2/h17-20H,4-16H2,1-3H3;1-2H3. The Morgan fingerprint density at radius 3 is 2.00 bits per heavy atom. The van der Waals surface area contributed by atoms with Gasteiger partial charge in [-0.1, -0.05) is 47.5 Å². The molecule has 24 heavy (non-hydrogen) atoms. The van der Waals surface area contributed by atoms with Crippen molar-refractivity contribution in [3.8, 4) is 0 Å². The van der Waals surface area contributed by atoms with Crippen LogP contribution < -0.4 is 5.32 Å². The summed E-state index contributed by atoms with van der Waals surface area (Å²) < 4.78 is 0. The maximum atomic E-state index is 3.70. The van der Waals surface area contributed by atoms with Crippen LogP contribution in [0.5, 0.6) is 0 Å². The molecular formula is C21H45N3. The highest BCUT2D eigenvalue weighted by Crippen LogP contribution is 2.21. The Labute approximate surface area is 152 Å². The molecule has 2 aliphatic rings. The molecule has 3 heteroatoms. The third-order valence-electron chi connectivity index (χ3n) is 5.46. The topological polar surface area (TPSA) is 18.5 Å². The fraction of sp³-hybridized carbons (Fsp3) is 1.00. The third kappa shape index (κ3) is 8.82. The molecule has 2 saturated heterocycles. The van der Waals surface area contributed by atoms with Gasteiger partial charge in [0, 0.05) is 18.6 Å². The van der Waals surface area contributed by atoms with E-state index >= 15 is 0 Å². The van der Waals surface area contributed by atoms with Crippen LogP contribution in [-0.4, -0.2) is 61.2 Å². The molecule has 0 saturated carbocycles. The van der Waals surface area contributed by atoms with Crippen molar-refractivity contribution in [2.24, 2.45) is 5.92 Å².